The Morgan fingerprint density at radius 2 is 2.10 bits per heavy atom. The first-order valence-electron chi connectivity index (χ1n) is 10.3. The Labute approximate surface area is 170 Å². The fourth-order valence-corrected chi connectivity index (χ4v) is 3.66. The third-order valence-corrected chi connectivity index (χ3v) is 5.22. The first kappa shape index (κ1) is 19.3. The van der Waals surface area contributed by atoms with Gasteiger partial charge in [0.15, 0.2) is 5.65 Å². The zero-order valence-corrected chi connectivity index (χ0v) is 17.2. The van der Waals surface area contributed by atoms with Gasteiger partial charge in [0.05, 0.1) is 18.5 Å². The molecule has 0 bridgehead atoms. The summed E-state index contributed by atoms with van der Waals surface area (Å²) in [6.07, 6.45) is 12.3. The molecule has 3 aromatic rings. The van der Waals surface area contributed by atoms with Crippen LogP contribution in [-0.4, -0.2) is 32.3 Å². The molecule has 3 heterocycles. The zero-order valence-electron chi connectivity index (χ0n) is 17.2. The van der Waals surface area contributed by atoms with Crippen LogP contribution < -0.4 is 0 Å². The SMILES string of the molecule is CCOC(=O)C=Cc1c(CC2CC2)nc2c(cnn2CC)c1-c1cncc(C)c1. The minimum absolute atomic E-state index is 0.345. The number of nitrogens with zero attached hydrogens (tertiary/aromatic N) is 4. The maximum absolute atomic E-state index is 12.0. The fraction of sp³-hybridized carbons (Fsp3) is 0.391. The van der Waals surface area contributed by atoms with Crippen LogP contribution in [0.1, 0.15) is 43.5 Å². The van der Waals surface area contributed by atoms with Crippen molar-refractivity contribution in [3.05, 3.63) is 47.6 Å². The summed E-state index contributed by atoms with van der Waals surface area (Å²) in [5.41, 5.74) is 5.97. The summed E-state index contributed by atoms with van der Waals surface area (Å²) in [7, 11) is 0. The number of carbonyl (C=O) groups is 1. The predicted molar refractivity (Wildman–Crippen MR) is 113 cm³/mol. The largest absolute Gasteiger partial charge is 0.463 e. The number of fused-ring (bicyclic) bond motifs is 1. The lowest BCUT2D eigenvalue weighted by atomic mass is 9.94. The zero-order chi connectivity index (χ0) is 20.4. The second-order valence-electron chi connectivity index (χ2n) is 7.53. The molecule has 1 aliphatic rings. The van der Waals surface area contributed by atoms with E-state index in [9.17, 15) is 4.79 Å². The van der Waals surface area contributed by atoms with Crippen molar-refractivity contribution in [3.8, 4) is 11.1 Å². The van der Waals surface area contributed by atoms with Gasteiger partial charge in [-0.25, -0.2) is 14.5 Å². The second-order valence-corrected chi connectivity index (χ2v) is 7.53. The van der Waals surface area contributed by atoms with Crippen molar-refractivity contribution >= 4 is 23.1 Å². The molecule has 29 heavy (non-hydrogen) atoms. The van der Waals surface area contributed by atoms with E-state index in [1.165, 1.54) is 18.9 Å². The molecule has 6 nitrogen and oxygen atoms in total. The average molecular weight is 390 g/mol. The van der Waals surface area contributed by atoms with E-state index >= 15 is 0 Å². The molecule has 6 heteroatoms. The van der Waals surface area contributed by atoms with Crippen molar-refractivity contribution in [3.63, 3.8) is 0 Å². The van der Waals surface area contributed by atoms with E-state index in [1.54, 1.807) is 6.92 Å². The Hall–Kier alpha value is -3.02. The summed E-state index contributed by atoms with van der Waals surface area (Å²) in [6, 6.07) is 2.12. The molecule has 0 spiro atoms. The summed E-state index contributed by atoms with van der Waals surface area (Å²) in [6.45, 7) is 7.01. The van der Waals surface area contributed by atoms with Gasteiger partial charge in [-0.3, -0.25) is 4.98 Å². The lowest BCUT2D eigenvalue weighted by molar-refractivity contribution is -0.137. The molecule has 150 valence electrons. The normalized spacial score (nSPS) is 14.0. The van der Waals surface area contributed by atoms with Crippen LogP contribution in [0.3, 0.4) is 0 Å². The highest BCUT2D eigenvalue weighted by atomic mass is 16.5. The number of hydrogen-bond donors (Lipinski definition) is 0. The highest BCUT2D eigenvalue weighted by molar-refractivity contribution is 5.99. The lowest BCUT2D eigenvalue weighted by Crippen LogP contribution is -2.05. The summed E-state index contributed by atoms with van der Waals surface area (Å²) >= 11 is 0. The van der Waals surface area contributed by atoms with Crippen LogP contribution in [0, 0.1) is 12.8 Å². The van der Waals surface area contributed by atoms with Gasteiger partial charge in [0.2, 0.25) is 0 Å². The highest BCUT2D eigenvalue weighted by Crippen LogP contribution is 2.38. The molecule has 1 fully saturated rings. The molecular weight excluding hydrogens is 364 g/mol. The van der Waals surface area contributed by atoms with Crippen LogP contribution >= 0.6 is 0 Å². The molecule has 3 aromatic heterocycles. The Balaban J connectivity index is 1.97. The van der Waals surface area contributed by atoms with Crippen molar-refractivity contribution in [2.45, 2.75) is 46.6 Å². The molecule has 0 aromatic carbocycles. The van der Waals surface area contributed by atoms with Crippen molar-refractivity contribution in [1.29, 1.82) is 0 Å². The Morgan fingerprint density at radius 3 is 2.79 bits per heavy atom. The van der Waals surface area contributed by atoms with Gasteiger partial charge in [-0.05, 0) is 63.7 Å². The van der Waals surface area contributed by atoms with E-state index < -0.39 is 0 Å². The van der Waals surface area contributed by atoms with Gasteiger partial charge in [0, 0.05) is 47.1 Å². The van der Waals surface area contributed by atoms with Crippen molar-refractivity contribution in [2.24, 2.45) is 5.92 Å². The summed E-state index contributed by atoms with van der Waals surface area (Å²) in [4.78, 5) is 21.4. The first-order chi connectivity index (χ1) is 14.1. The molecule has 1 aliphatic carbocycles. The second kappa shape index (κ2) is 8.15. The van der Waals surface area contributed by atoms with Crippen LogP contribution in [0.15, 0.2) is 30.7 Å². The predicted octanol–water partition coefficient (Wildman–Crippen LogP) is 4.35. The van der Waals surface area contributed by atoms with Crippen molar-refractivity contribution < 1.29 is 9.53 Å². The van der Waals surface area contributed by atoms with Crippen LogP contribution in [0.25, 0.3) is 28.2 Å². The third kappa shape index (κ3) is 4.06. The van der Waals surface area contributed by atoms with Crippen molar-refractivity contribution in [1.82, 2.24) is 19.7 Å². The van der Waals surface area contributed by atoms with Gasteiger partial charge in [-0.1, -0.05) is 0 Å². The van der Waals surface area contributed by atoms with Crippen LogP contribution in [0.4, 0.5) is 0 Å². The standard InChI is InChI=1S/C23H26N4O2/c1-4-27-23-19(14-25-27)22(17-10-15(3)12-24-13-17)18(8-9-21(28)29-5-2)20(26-23)11-16-6-7-16/h8-10,12-14,16H,4-7,11H2,1-3H3. The number of hydrogen-bond acceptors (Lipinski definition) is 5. The molecule has 0 aliphatic heterocycles. The summed E-state index contributed by atoms with van der Waals surface area (Å²) in [5, 5.41) is 5.52. The summed E-state index contributed by atoms with van der Waals surface area (Å²) < 4.78 is 7.02. The molecular formula is C23H26N4O2. The molecule has 4 rings (SSSR count). The lowest BCUT2D eigenvalue weighted by Gasteiger charge is -2.14. The van der Waals surface area contributed by atoms with Gasteiger partial charge in [0.1, 0.15) is 0 Å². The van der Waals surface area contributed by atoms with E-state index in [1.807, 2.05) is 36.3 Å². The Morgan fingerprint density at radius 1 is 1.28 bits per heavy atom. The number of aromatic nitrogens is 4. The molecule has 0 unspecified atom stereocenters. The van der Waals surface area contributed by atoms with E-state index in [2.05, 4.69) is 23.1 Å². The average Bonchev–Trinajstić information content (AvgIpc) is 3.43. The van der Waals surface area contributed by atoms with Crippen LogP contribution in [-0.2, 0) is 22.5 Å². The minimum Gasteiger partial charge on any atom is -0.463 e. The maximum Gasteiger partial charge on any atom is 0.330 e. The third-order valence-electron chi connectivity index (χ3n) is 5.22. The molecule has 0 N–H and O–H groups in total. The van der Waals surface area contributed by atoms with Gasteiger partial charge in [0.25, 0.3) is 0 Å². The molecule has 0 atom stereocenters. The first-order valence-corrected chi connectivity index (χ1v) is 10.3. The fourth-order valence-electron chi connectivity index (χ4n) is 3.66. The molecule has 0 radical (unpaired) electrons. The Kier molecular flexibility index (Phi) is 5.43. The maximum atomic E-state index is 12.0. The molecule has 0 amide bonds. The van der Waals surface area contributed by atoms with E-state index in [-0.39, 0.29) is 5.97 Å². The number of carbonyl (C=O) groups excluding carboxylic acids is 1. The highest BCUT2D eigenvalue weighted by Gasteiger charge is 2.26. The van der Waals surface area contributed by atoms with Gasteiger partial charge in [-0.2, -0.15) is 5.10 Å². The topological polar surface area (TPSA) is 69.9 Å². The summed E-state index contributed by atoms with van der Waals surface area (Å²) in [5.74, 6) is 0.318. The quantitative estimate of drug-likeness (QED) is 0.443. The van der Waals surface area contributed by atoms with Crippen molar-refractivity contribution in [2.75, 3.05) is 6.61 Å². The number of aryl methyl sites for hydroxylation is 2. The minimum atomic E-state index is -0.345. The van der Waals surface area contributed by atoms with E-state index in [0.29, 0.717) is 12.5 Å². The number of rotatable bonds is 7. The Bertz CT molecular complexity index is 1080. The van der Waals surface area contributed by atoms with Gasteiger partial charge in [-0.15, -0.1) is 0 Å². The van der Waals surface area contributed by atoms with Gasteiger partial charge >= 0.3 is 5.97 Å². The van der Waals surface area contributed by atoms with Crippen LogP contribution in [0.2, 0.25) is 0 Å². The van der Waals surface area contributed by atoms with E-state index in [0.717, 1.165) is 51.9 Å². The number of esters is 1. The number of pyridine rings is 2. The van der Waals surface area contributed by atoms with Gasteiger partial charge < -0.3 is 4.74 Å². The number of ether oxygens (including phenoxy) is 1. The van der Waals surface area contributed by atoms with E-state index in [4.69, 9.17) is 9.72 Å². The monoisotopic (exact) mass is 390 g/mol. The molecule has 1 saturated carbocycles. The van der Waals surface area contributed by atoms with Crippen LogP contribution in [0.5, 0.6) is 0 Å². The molecule has 0 saturated heterocycles. The smallest absolute Gasteiger partial charge is 0.330 e.